The van der Waals surface area contributed by atoms with E-state index in [4.69, 9.17) is 0 Å². The minimum absolute atomic E-state index is 0.0377. The number of amides is 2. The molecule has 5 nitrogen and oxygen atoms in total. The molecule has 0 fully saturated rings. The lowest BCUT2D eigenvalue weighted by molar-refractivity contribution is -0.123. The molecular weight excluding hydrogens is 261 g/mol. The van der Waals surface area contributed by atoms with Crippen LogP contribution >= 0.6 is 0 Å². The van der Waals surface area contributed by atoms with Gasteiger partial charge >= 0.3 is 0 Å². The summed E-state index contributed by atoms with van der Waals surface area (Å²) in [4.78, 5) is 28.8. The van der Waals surface area contributed by atoms with Gasteiger partial charge in [0.25, 0.3) is 5.91 Å². The molecule has 0 atom stereocenters. The third-order valence-electron chi connectivity index (χ3n) is 2.49. The van der Waals surface area contributed by atoms with Crippen LogP contribution in [0.3, 0.4) is 0 Å². The molecule has 1 rings (SSSR count). The first kappa shape index (κ1) is 16.1. The van der Waals surface area contributed by atoms with E-state index in [0.29, 0.717) is 6.54 Å². The van der Waals surface area contributed by atoms with Crippen molar-refractivity contribution in [2.45, 2.75) is 33.2 Å². The van der Waals surface area contributed by atoms with E-state index < -0.39 is 5.95 Å². The second-order valence-electron chi connectivity index (χ2n) is 5.49. The average molecular weight is 281 g/mol. The SMILES string of the molecule is CCN(CC(=O)NC(C)(C)C)C(=O)c1ccc(F)nc1. The summed E-state index contributed by atoms with van der Waals surface area (Å²) >= 11 is 0. The quantitative estimate of drug-likeness (QED) is 0.853. The third kappa shape index (κ3) is 4.95. The third-order valence-corrected chi connectivity index (χ3v) is 2.49. The maximum atomic E-state index is 12.7. The zero-order chi connectivity index (χ0) is 15.3. The van der Waals surface area contributed by atoms with E-state index in [-0.39, 0.29) is 29.5 Å². The van der Waals surface area contributed by atoms with Crippen LogP contribution in [0.1, 0.15) is 38.1 Å². The van der Waals surface area contributed by atoms with Crippen LogP contribution in [0.2, 0.25) is 0 Å². The maximum absolute atomic E-state index is 12.7. The fourth-order valence-electron chi connectivity index (χ4n) is 1.64. The highest BCUT2D eigenvalue weighted by atomic mass is 19.1. The van der Waals surface area contributed by atoms with Gasteiger partial charge in [0.15, 0.2) is 0 Å². The molecule has 0 unspecified atom stereocenters. The Labute approximate surface area is 118 Å². The van der Waals surface area contributed by atoms with Crippen LogP contribution in [-0.4, -0.2) is 40.3 Å². The van der Waals surface area contributed by atoms with E-state index in [1.54, 1.807) is 6.92 Å². The van der Waals surface area contributed by atoms with Gasteiger partial charge in [-0.05, 0) is 39.8 Å². The molecule has 0 saturated carbocycles. The van der Waals surface area contributed by atoms with Gasteiger partial charge in [-0.2, -0.15) is 4.39 Å². The van der Waals surface area contributed by atoms with Crippen molar-refractivity contribution in [2.24, 2.45) is 0 Å². The van der Waals surface area contributed by atoms with E-state index in [1.165, 1.54) is 17.2 Å². The van der Waals surface area contributed by atoms with E-state index in [9.17, 15) is 14.0 Å². The second kappa shape index (κ2) is 6.45. The Kier molecular flexibility index (Phi) is 5.19. The van der Waals surface area contributed by atoms with Crippen molar-refractivity contribution in [1.29, 1.82) is 0 Å². The molecule has 0 aromatic carbocycles. The highest BCUT2D eigenvalue weighted by molar-refractivity contribution is 5.96. The minimum atomic E-state index is -0.643. The van der Waals surface area contributed by atoms with E-state index in [2.05, 4.69) is 10.3 Å². The van der Waals surface area contributed by atoms with Gasteiger partial charge in [0.05, 0.1) is 12.1 Å². The molecule has 0 aliphatic heterocycles. The number of hydrogen-bond donors (Lipinski definition) is 1. The normalized spacial score (nSPS) is 11.1. The zero-order valence-electron chi connectivity index (χ0n) is 12.2. The van der Waals surface area contributed by atoms with Crippen LogP contribution in [0.5, 0.6) is 0 Å². The van der Waals surface area contributed by atoms with Gasteiger partial charge in [-0.1, -0.05) is 0 Å². The van der Waals surface area contributed by atoms with Crippen molar-refractivity contribution >= 4 is 11.8 Å². The molecule has 0 radical (unpaired) electrons. The van der Waals surface area contributed by atoms with E-state index >= 15 is 0 Å². The Morgan fingerprint density at radius 1 is 1.35 bits per heavy atom. The molecule has 0 bridgehead atoms. The van der Waals surface area contributed by atoms with Gasteiger partial charge in [0.2, 0.25) is 11.9 Å². The number of likely N-dealkylation sites (N-methyl/N-ethyl adjacent to an activating group) is 1. The summed E-state index contributed by atoms with van der Waals surface area (Å²) in [5.41, 5.74) is -0.0893. The molecule has 1 aromatic rings. The van der Waals surface area contributed by atoms with Crippen LogP contribution in [-0.2, 0) is 4.79 Å². The molecule has 0 aliphatic carbocycles. The van der Waals surface area contributed by atoms with Crippen LogP contribution in [0, 0.1) is 5.95 Å². The fraction of sp³-hybridized carbons (Fsp3) is 0.500. The lowest BCUT2D eigenvalue weighted by Crippen LogP contribution is -2.47. The molecule has 0 saturated heterocycles. The van der Waals surface area contributed by atoms with Crippen molar-refractivity contribution < 1.29 is 14.0 Å². The van der Waals surface area contributed by atoms with Gasteiger partial charge in [-0.3, -0.25) is 9.59 Å². The molecule has 6 heteroatoms. The molecule has 2 amide bonds. The van der Waals surface area contributed by atoms with Crippen molar-refractivity contribution in [1.82, 2.24) is 15.2 Å². The lowest BCUT2D eigenvalue weighted by atomic mass is 10.1. The molecule has 0 spiro atoms. The van der Waals surface area contributed by atoms with Crippen LogP contribution in [0.4, 0.5) is 4.39 Å². The Bertz CT molecular complexity index is 480. The highest BCUT2D eigenvalue weighted by Crippen LogP contribution is 2.05. The summed E-state index contributed by atoms with van der Waals surface area (Å²) in [6.07, 6.45) is 1.17. The van der Waals surface area contributed by atoms with Crippen LogP contribution < -0.4 is 5.32 Å². The number of pyridine rings is 1. The standard InChI is InChI=1S/C14H20FN3O2/c1-5-18(9-12(19)17-14(2,3)4)13(20)10-6-7-11(15)16-8-10/h6-8H,5,9H2,1-4H3,(H,17,19). The molecule has 1 aromatic heterocycles. The number of hydrogen-bond acceptors (Lipinski definition) is 3. The van der Waals surface area contributed by atoms with Crippen LogP contribution in [0.25, 0.3) is 0 Å². The van der Waals surface area contributed by atoms with Gasteiger partial charge in [0.1, 0.15) is 0 Å². The van der Waals surface area contributed by atoms with Gasteiger partial charge < -0.3 is 10.2 Å². The first-order chi connectivity index (χ1) is 9.23. The Morgan fingerprint density at radius 3 is 2.45 bits per heavy atom. The van der Waals surface area contributed by atoms with Gasteiger partial charge in [0, 0.05) is 18.3 Å². The topological polar surface area (TPSA) is 62.3 Å². The van der Waals surface area contributed by atoms with Gasteiger partial charge in [-0.25, -0.2) is 4.98 Å². The Balaban J connectivity index is 2.73. The fourth-order valence-corrected chi connectivity index (χ4v) is 1.64. The number of carbonyl (C=O) groups is 2. The summed E-state index contributed by atoms with van der Waals surface area (Å²) in [7, 11) is 0. The molecule has 1 heterocycles. The van der Waals surface area contributed by atoms with E-state index in [1.807, 2.05) is 20.8 Å². The maximum Gasteiger partial charge on any atom is 0.255 e. The monoisotopic (exact) mass is 281 g/mol. The minimum Gasteiger partial charge on any atom is -0.350 e. The number of nitrogens with zero attached hydrogens (tertiary/aromatic N) is 2. The van der Waals surface area contributed by atoms with E-state index in [0.717, 1.165) is 6.07 Å². The van der Waals surface area contributed by atoms with Crippen molar-refractivity contribution in [2.75, 3.05) is 13.1 Å². The number of carbonyl (C=O) groups excluding carboxylic acids is 2. The van der Waals surface area contributed by atoms with Crippen LogP contribution in [0.15, 0.2) is 18.3 Å². The summed E-state index contributed by atoms with van der Waals surface area (Å²) in [6, 6.07) is 2.48. The van der Waals surface area contributed by atoms with Crippen molar-refractivity contribution in [3.8, 4) is 0 Å². The first-order valence-electron chi connectivity index (χ1n) is 6.45. The summed E-state index contributed by atoms with van der Waals surface area (Å²) in [5.74, 6) is -1.22. The molecular formula is C14H20FN3O2. The number of aromatic nitrogens is 1. The summed E-state index contributed by atoms with van der Waals surface area (Å²) in [6.45, 7) is 7.73. The molecule has 0 aliphatic rings. The summed E-state index contributed by atoms with van der Waals surface area (Å²) in [5, 5.41) is 2.79. The number of halogens is 1. The molecule has 110 valence electrons. The zero-order valence-corrected chi connectivity index (χ0v) is 12.2. The molecule has 20 heavy (non-hydrogen) atoms. The second-order valence-corrected chi connectivity index (χ2v) is 5.49. The summed E-state index contributed by atoms with van der Waals surface area (Å²) < 4.78 is 12.7. The molecule has 1 N–H and O–H groups in total. The smallest absolute Gasteiger partial charge is 0.255 e. The van der Waals surface area contributed by atoms with Crippen molar-refractivity contribution in [3.05, 3.63) is 29.8 Å². The number of rotatable bonds is 4. The highest BCUT2D eigenvalue weighted by Gasteiger charge is 2.20. The average Bonchev–Trinajstić information content (AvgIpc) is 2.34. The predicted molar refractivity (Wildman–Crippen MR) is 73.7 cm³/mol. The van der Waals surface area contributed by atoms with Gasteiger partial charge in [-0.15, -0.1) is 0 Å². The Hall–Kier alpha value is -1.98. The largest absolute Gasteiger partial charge is 0.350 e. The predicted octanol–water partition coefficient (Wildman–Crippen LogP) is 1.60. The van der Waals surface area contributed by atoms with Crippen molar-refractivity contribution in [3.63, 3.8) is 0 Å². The first-order valence-corrected chi connectivity index (χ1v) is 6.45. The number of nitrogens with one attached hydrogen (secondary N) is 1. The Morgan fingerprint density at radius 2 is 2.00 bits per heavy atom. The lowest BCUT2D eigenvalue weighted by Gasteiger charge is -2.25.